The molecule has 0 aromatic heterocycles. The third-order valence-corrected chi connectivity index (χ3v) is 3.47. The minimum Gasteiger partial charge on any atom is -0.550 e. The summed E-state index contributed by atoms with van der Waals surface area (Å²) in [7, 11) is 0. The number of ether oxygens (including phenoxy) is 2. The van der Waals surface area contributed by atoms with Crippen LogP contribution in [-0.2, 0) is 9.59 Å². The molecule has 1 N–H and O–H groups in total. The van der Waals surface area contributed by atoms with Crippen molar-refractivity contribution in [3.8, 4) is 11.5 Å². The Balaban J connectivity index is 1.99. The van der Waals surface area contributed by atoms with Gasteiger partial charge in [0.2, 0.25) is 0 Å². The molecule has 0 saturated heterocycles. The zero-order valence-corrected chi connectivity index (χ0v) is 14.8. The first-order chi connectivity index (χ1) is 12.4. The quantitative estimate of drug-likeness (QED) is 0.741. The molecule has 138 valence electrons. The van der Waals surface area contributed by atoms with Crippen molar-refractivity contribution in [3.05, 3.63) is 60.2 Å². The molecular weight excluding hydrogens is 334 g/mol. The van der Waals surface area contributed by atoms with Crippen LogP contribution in [0.25, 0.3) is 0 Å². The predicted octanol–water partition coefficient (Wildman–Crippen LogP) is 1.85. The summed E-state index contributed by atoms with van der Waals surface area (Å²) in [6, 6.07) is 15.1. The molecule has 6 nitrogen and oxygen atoms in total. The number of para-hydroxylation sites is 1. The molecule has 0 aliphatic rings. The van der Waals surface area contributed by atoms with Crippen LogP contribution in [0.5, 0.6) is 11.5 Å². The second kappa shape index (κ2) is 9.46. The summed E-state index contributed by atoms with van der Waals surface area (Å²) in [5.74, 6) is -0.423. The van der Waals surface area contributed by atoms with E-state index >= 15 is 0 Å². The van der Waals surface area contributed by atoms with Gasteiger partial charge in [-0.1, -0.05) is 30.3 Å². The molecule has 26 heavy (non-hydrogen) atoms. The Morgan fingerprint density at radius 3 is 2.23 bits per heavy atom. The Morgan fingerprint density at radius 2 is 1.65 bits per heavy atom. The molecule has 0 aliphatic heterocycles. The molecule has 2 aromatic rings. The number of hydrogen-bond acceptors (Lipinski definition) is 5. The van der Waals surface area contributed by atoms with Gasteiger partial charge in [0.1, 0.15) is 11.5 Å². The molecule has 1 atom stereocenters. The summed E-state index contributed by atoms with van der Waals surface area (Å²) in [5, 5.41) is 13.7. The van der Waals surface area contributed by atoms with Gasteiger partial charge in [-0.25, -0.2) is 0 Å². The van der Waals surface area contributed by atoms with Crippen LogP contribution in [0.3, 0.4) is 0 Å². The summed E-state index contributed by atoms with van der Waals surface area (Å²) >= 11 is 0. The number of carbonyl (C=O) groups is 2. The molecule has 2 aromatic carbocycles. The minimum absolute atomic E-state index is 0.0368. The van der Waals surface area contributed by atoms with Crippen molar-refractivity contribution < 1.29 is 24.2 Å². The highest BCUT2D eigenvalue weighted by molar-refractivity contribution is 5.79. The molecule has 6 heteroatoms. The first-order valence-corrected chi connectivity index (χ1v) is 8.37. The zero-order valence-electron chi connectivity index (χ0n) is 14.8. The normalized spacial score (nSPS) is 11.7. The average molecular weight is 356 g/mol. The summed E-state index contributed by atoms with van der Waals surface area (Å²) in [6.45, 7) is 3.63. The summed E-state index contributed by atoms with van der Waals surface area (Å²) < 4.78 is 10.9. The smallest absolute Gasteiger partial charge is 0.258 e. The standard InChI is InChI=1S/C20H23NO5/c1-14(2)26-17-10-8-15(9-11-17)18(12-20(23)24)21-19(22)13-25-16-6-4-3-5-7-16/h3-11,14,18H,12-13H2,1-2H3,(H,21,22)(H,23,24)/p-1/t18-/m1/s1. The SMILES string of the molecule is CC(C)Oc1ccc([C@@H](CC(=O)[O-])NC(=O)COc2ccccc2)cc1. The maximum atomic E-state index is 12.1. The molecule has 0 heterocycles. The van der Waals surface area contributed by atoms with Crippen LogP contribution < -0.4 is 19.9 Å². The number of carboxylic acid groups (broad SMARTS) is 1. The monoisotopic (exact) mass is 356 g/mol. The number of carboxylic acids is 1. The largest absolute Gasteiger partial charge is 0.550 e. The van der Waals surface area contributed by atoms with E-state index in [1.165, 1.54) is 0 Å². The van der Waals surface area contributed by atoms with Crippen molar-refractivity contribution in [3.63, 3.8) is 0 Å². The Morgan fingerprint density at radius 1 is 1.00 bits per heavy atom. The van der Waals surface area contributed by atoms with Crippen LogP contribution in [0.15, 0.2) is 54.6 Å². The molecule has 2 rings (SSSR count). The fourth-order valence-electron chi connectivity index (χ4n) is 2.37. The zero-order chi connectivity index (χ0) is 18.9. The van der Waals surface area contributed by atoms with Gasteiger partial charge >= 0.3 is 0 Å². The first kappa shape index (κ1) is 19.3. The Hall–Kier alpha value is -3.02. The fraction of sp³-hybridized carbons (Fsp3) is 0.300. The van der Waals surface area contributed by atoms with E-state index in [0.717, 1.165) is 0 Å². The number of rotatable bonds is 9. The highest BCUT2D eigenvalue weighted by Crippen LogP contribution is 2.21. The Labute approximate surface area is 152 Å². The first-order valence-electron chi connectivity index (χ1n) is 8.37. The van der Waals surface area contributed by atoms with Crippen LogP contribution in [-0.4, -0.2) is 24.6 Å². The third-order valence-electron chi connectivity index (χ3n) is 3.47. The van der Waals surface area contributed by atoms with E-state index in [1.807, 2.05) is 19.9 Å². The molecule has 1 amide bonds. The molecule has 0 saturated carbocycles. The molecular formula is C20H22NO5-. The van der Waals surface area contributed by atoms with Gasteiger partial charge in [0.05, 0.1) is 12.1 Å². The summed E-state index contributed by atoms with van der Waals surface area (Å²) in [5.41, 5.74) is 0.651. The second-order valence-corrected chi connectivity index (χ2v) is 6.03. The fourth-order valence-corrected chi connectivity index (χ4v) is 2.37. The van der Waals surface area contributed by atoms with E-state index in [4.69, 9.17) is 9.47 Å². The van der Waals surface area contributed by atoms with E-state index in [2.05, 4.69) is 5.32 Å². The highest BCUT2D eigenvalue weighted by atomic mass is 16.5. The minimum atomic E-state index is -1.25. The third kappa shape index (κ3) is 6.47. The predicted molar refractivity (Wildman–Crippen MR) is 94.7 cm³/mol. The van der Waals surface area contributed by atoms with Gasteiger partial charge in [0.25, 0.3) is 5.91 Å². The lowest BCUT2D eigenvalue weighted by atomic mass is 10.0. The average Bonchev–Trinajstić information content (AvgIpc) is 2.60. The van der Waals surface area contributed by atoms with Crippen molar-refractivity contribution in [2.75, 3.05) is 6.61 Å². The van der Waals surface area contributed by atoms with E-state index in [9.17, 15) is 14.7 Å². The van der Waals surface area contributed by atoms with Gasteiger partial charge < -0.3 is 24.7 Å². The number of aliphatic carboxylic acids is 1. The van der Waals surface area contributed by atoms with E-state index in [1.54, 1.807) is 48.5 Å². The number of nitrogens with one attached hydrogen (secondary N) is 1. The van der Waals surface area contributed by atoms with Gasteiger partial charge in [-0.05, 0) is 43.7 Å². The molecule has 0 fully saturated rings. The number of hydrogen-bond donors (Lipinski definition) is 1. The van der Waals surface area contributed by atoms with Gasteiger partial charge in [0.15, 0.2) is 6.61 Å². The molecule has 0 unspecified atom stereocenters. The summed E-state index contributed by atoms with van der Waals surface area (Å²) in [4.78, 5) is 23.2. The highest BCUT2D eigenvalue weighted by Gasteiger charge is 2.16. The van der Waals surface area contributed by atoms with Crippen molar-refractivity contribution in [2.24, 2.45) is 0 Å². The Bertz CT molecular complexity index is 713. The van der Waals surface area contributed by atoms with E-state index < -0.39 is 17.9 Å². The van der Waals surface area contributed by atoms with Gasteiger partial charge in [-0.3, -0.25) is 4.79 Å². The van der Waals surface area contributed by atoms with Gasteiger partial charge in [-0.2, -0.15) is 0 Å². The van der Waals surface area contributed by atoms with Gasteiger partial charge in [0, 0.05) is 12.4 Å². The van der Waals surface area contributed by atoms with E-state index in [0.29, 0.717) is 17.1 Å². The lowest BCUT2D eigenvalue weighted by molar-refractivity contribution is -0.306. The lowest BCUT2D eigenvalue weighted by Crippen LogP contribution is -2.36. The molecule has 0 spiro atoms. The van der Waals surface area contributed by atoms with Crippen molar-refractivity contribution in [1.29, 1.82) is 0 Å². The van der Waals surface area contributed by atoms with Crippen LogP contribution >= 0.6 is 0 Å². The van der Waals surface area contributed by atoms with Crippen LogP contribution in [0.4, 0.5) is 0 Å². The number of benzene rings is 2. The maximum absolute atomic E-state index is 12.1. The van der Waals surface area contributed by atoms with Crippen molar-refractivity contribution in [2.45, 2.75) is 32.4 Å². The summed E-state index contributed by atoms with van der Waals surface area (Å²) in [6.07, 6.45) is -0.295. The van der Waals surface area contributed by atoms with Crippen LogP contribution in [0.1, 0.15) is 31.9 Å². The van der Waals surface area contributed by atoms with Gasteiger partial charge in [-0.15, -0.1) is 0 Å². The Kier molecular flexibility index (Phi) is 7.02. The maximum Gasteiger partial charge on any atom is 0.258 e. The van der Waals surface area contributed by atoms with Crippen LogP contribution in [0, 0.1) is 0 Å². The van der Waals surface area contributed by atoms with Crippen molar-refractivity contribution in [1.82, 2.24) is 5.32 Å². The molecule has 0 bridgehead atoms. The lowest BCUT2D eigenvalue weighted by Gasteiger charge is -2.20. The van der Waals surface area contributed by atoms with Crippen LogP contribution in [0.2, 0.25) is 0 Å². The number of carbonyl (C=O) groups excluding carboxylic acids is 2. The molecule has 0 aliphatic carbocycles. The van der Waals surface area contributed by atoms with Crippen molar-refractivity contribution >= 4 is 11.9 Å². The topological polar surface area (TPSA) is 87.7 Å². The van der Waals surface area contributed by atoms with E-state index in [-0.39, 0.29) is 19.1 Å². The number of amides is 1. The second-order valence-electron chi connectivity index (χ2n) is 6.03. The molecule has 0 radical (unpaired) electrons.